The maximum Gasteiger partial charge on any atom is 0.335 e. The van der Waals surface area contributed by atoms with Crippen molar-refractivity contribution in [2.45, 2.75) is 50.5 Å². The summed E-state index contributed by atoms with van der Waals surface area (Å²) in [5.41, 5.74) is -0.824. The summed E-state index contributed by atoms with van der Waals surface area (Å²) in [7, 11) is 0. The van der Waals surface area contributed by atoms with E-state index in [1.807, 2.05) is 0 Å². The normalized spacial score (nSPS) is 33.7. The minimum atomic E-state index is -0.824. The van der Waals surface area contributed by atoms with Crippen molar-refractivity contribution in [3.8, 4) is 0 Å². The molecule has 1 aliphatic carbocycles. The van der Waals surface area contributed by atoms with Gasteiger partial charge in [-0.1, -0.05) is 25.7 Å². The summed E-state index contributed by atoms with van der Waals surface area (Å²) in [5, 5.41) is 9.20. The van der Waals surface area contributed by atoms with E-state index in [0.29, 0.717) is 18.9 Å². The van der Waals surface area contributed by atoms with Gasteiger partial charge in [-0.25, -0.2) is 4.79 Å². The summed E-state index contributed by atoms with van der Waals surface area (Å²) in [6.45, 7) is 0.624. The summed E-state index contributed by atoms with van der Waals surface area (Å²) >= 11 is 0. The Labute approximate surface area is 84.4 Å². The summed E-state index contributed by atoms with van der Waals surface area (Å²) in [6.07, 6.45) is 7.26. The number of carbonyl (C=O) groups is 1. The third kappa shape index (κ3) is 1.78. The molecule has 3 heteroatoms. The van der Waals surface area contributed by atoms with Crippen LogP contribution < -0.4 is 0 Å². The van der Waals surface area contributed by atoms with Crippen LogP contribution in [0.5, 0.6) is 0 Å². The van der Waals surface area contributed by atoms with Crippen LogP contribution in [-0.2, 0) is 9.53 Å². The van der Waals surface area contributed by atoms with Crippen LogP contribution in [0.3, 0.4) is 0 Å². The van der Waals surface area contributed by atoms with Crippen LogP contribution in [-0.4, -0.2) is 23.3 Å². The fourth-order valence-electron chi connectivity index (χ4n) is 2.80. The molecule has 0 aromatic carbocycles. The van der Waals surface area contributed by atoms with Gasteiger partial charge >= 0.3 is 5.97 Å². The van der Waals surface area contributed by atoms with E-state index in [-0.39, 0.29) is 0 Å². The number of hydrogen-bond acceptors (Lipinski definition) is 2. The van der Waals surface area contributed by atoms with Crippen LogP contribution in [0.4, 0.5) is 0 Å². The Bertz CT molecular complexity index is 213. The van der Waals surface area contributed by atoms with Crippen LogP contribution in [0, 0.1) is 5.92 Å². The van der Waals surface area contributed by atoms with E-state index >= 15 is 0 Å². The minimum absolute atomic E-state index is 0.587. The Hall–Kier alpha value is -0.570. The number of carboxylic acid groups (broad SMARTS) is 1. The molecule has 1 saturated heterocycles. The molecule has 1 saturated carbocycles. The smallest absolute Gasteiger partial charge is 0.335 e. The first-order valence-corrected chi connectivity index (χ1v) is 5.60. The molecular weight excluding hydrogens is 180 g/mol. The van der Waals surface area contributed by atoms with Gasteiger partial charge in [-0.15, -0.1) is 0 Å². The number of ether oxygens (including phenoxy) is 1. The molecule has 2 rings (SSSR count). The van der Waals surface area contributed by atoms with E-state index in [1.54, 1.807) is 0 Å². The van der Waals surface area contributed by atoms with Crippen molar-refractivity contribution < 1.29 is 14.6 Å². The van der Waals surface area contributed by atoms with Crippen molar-refractivity contribution in [1.82, 2.24) is 0 Å². The first-order chi connectivity index (χ1) is 6.73. The number of rotatable bonds is 3. The standard InChI is InChI=1S/C11H18O3/c12-10(13)11(6-3-7-14-11)8-9-4-1-2-5-9/h9H,1-8H2,(H,12,13). The van der Waals surface area contributed by atoms with E-state index in [2.05, 4.69) is 0 Å². The highest BCUT2D eigenvalue weighted by atomic mass is 16.5. The van der Waals surface area contributed by atoms with Gasteiger partial charge in [-0.3, -0.25) is 0 Å². The zero-order valence-corrected chi connectivity index (χ0v) is 8.50. The molecule has 1 heterocycles. The molecule has 1 N–H and O–H groups in total. The zero-order chi connectivity index (χ0) is 10.0. The average molecular weight is 198 g/mol. The molecule has 0 aromatic rings. The first kappa shape index (κ1) is 9.97. The number of carboxylic acids is 1. The van der Waals surface area contributed by atoms with E-state index in [0.717, 1.165) is 12.8 Å². The van der Waals surface area contributed by atoms with E-state index in [9.17, 15) is 9.90 Å². The summed E-state index contributed by atoms with van der Waals surface area (Å²) in [4.78, 5) is 11.2. The Kier molecular flexibility index (Phi) is 2.77. The minimum Gasteiger partial charge on any atom is -0.479 e. The largest absolute Gasteiger partial charge is 0.479 e. The first-order valence-electron chi connectivity index (χ1n) is 5.60. The van der Waals surface area contributed by atoms with Crippen LogP contribution >= 0.6 is 0 Å². The lowest BCUT2D eigenvalue weighted by Gasteiger charge is -2.26. The highest BCUT2D eigenvalue weighted by Crippen LogP contribution is 2.38. The quantitative estimate of drug-likeness (QED) is 0.756. The van der Waals surface area contributed by atoms with Gasteiger partial charge in [-0.05, 0) is 25.2 Å². The second-order valence-electron chi connectivity index (χ2n) is 4.61. The molecule has 0 aromatic heterocycles. The molecule has 0 spiro atoms. The summed E-state index contributed by atoms with van der Waals surface area (Å²) in [5.74, 6) is -0.161. The molecule has 0 bridgehead atoms. The molecule has 14 heavy (non-hydrogen) atoms. The lowest BCUT2D eigenvalue weighted by molar-refractivity contribution is -0.162. The second kappa shape index (κ2) is 3.89. The molecule has 1 atom stereocenters. The van der Waals surface area contributed by atoms with Gasteiger partial charge in [-0.2, -0.15) is 0 Å². The predicted octanol–water partition coefficient (Wildman–Crippen LogP) is 2.20. The highest BCUT2D eigenvalue weighted by molar-refractivity contribution is 5.77. The molecule has 1 unspecified atom stereocenters. The highest BCUT2D eigenvalue weighted by Gasteiger charge is 2.44. The van der Waals surface area contributed by atoms with Gasteiger partial charge in [0.25, 0.3) is 0 Å². The number of hydrogen-bond donors (Lipinski definition) is 1. The Morgan fingerprint density at radius 3 is 2.57 bits per heavy atom. The van der Waals surface area contributed by atoms with E-state index in [1.165, 1.54) is 25.7 Å². The van der Waals surface area contributed by atoms with Gasteiger partial charge in [0.1, 0.15) is 0 Å². The fourth-order valence-corrected chi connectivity index (χ4v) is 2.80. The summed E-state index contributed by atoms with van der Waals surface area (Å²) in [6, 6.07) is 0. The third-order valence-electron chi connectivity index (χ3n) is 3.59. The van der Waals surface area contributed by atoms with E-state index in [4.69, 9.17) is 4.74 Å². The van der Waals surface area contributed by atoms with Crippen LogP contribution in [0.1, 0.15) is 44.9 Å². The van der Waals surface area contributed by atoms with Crippen molar-refractivity contribution in [1.29, 1.82) is 0 Å². The van der Waals surface area contributed by atoms with Gasteiger partial charge in [0.15, 0.2) is 5.60 Å². The van der Waals surface area contributed by atoms with Crippen molar-refractivity contribution in [3.63, 3.8) is 0 Å². The molecule has 0 amide bonds. The Morgan fingerprint density at radius 2 is 2.07 bits per heavy atom. The Morgan fingerprint density at radius 1 is 1.36 bits per heavy atom. The molecular formula is C11H18O3. The van der Waals surface area contributed by atoms with Crippen LogP contribution in [0.2, 0.25) is 0 Å². The maximum absolute atomic E-state index is 11.2. The predicted molar refractivity (Wildman–Crippen MR) is 52.1 cm³/mol. The lowest BCUT2D eigenvalue weighted by atomic mass is 9.87. The molecule has 80 valence electrons. The van der Waals surface area contributed by atoms with E-state index < -0.39 is 11.6 Å². The Balaban J connectivity index is 1.99. The molecule has 0 radical (unpaired) electrons. The van der Waals surface area contributed by atoms with Gasteiger partial charge in [0, 0.05) is 6.61 Å². The summed E-state index contributed by atoms with van der Waals surface area (Å²) < 4.78 is 5.46. The SMILES string of the molecule is O=C(O)C1(CC2CCCC2)CCCO1. The average Bonchev–Trinajstić information content (AvgIpc) is 2.76. The second-order valence-corrected chi connectivity index (χ2v) is 4.61. The third-order valence-corrected chi connectivity index (χ3v) is 3.59. The number of aliphatic carboxylic acids is 1. The fraction of sp³-hybridized carbons (Fsp3) is 0.909. The molecule has 1 aliphatic heterocycles. The molecule has 2 aliphatic rings. The van der Waals surface area contributed by atoms with Gasteiger partial charge in [0.05, 0.1) is 0 Å². The van der Waals surface area contributed by atoms with Crippen molar-refractivity contribution in [2.75, 3.05) is 6.61 Å². The molecule has 3 nitrogen and oxygen atoms in total. The monoisotopic (exact) mass is 198 g/mol. The maximum atomic E-state index is 11.2. The van der Waals surface area contributed by atoms with Gasteiger partial charge < -0.3 is 9.84 Å². The lowest BCUT2D eigenvalue weighted by Crippen LogP contribution is -2.39. The zero-order valence-electron chi connectivity index (χ0n) is 8.50. The van der Waals surface area contributed by atoms with Gasteiger partial charge in [0.2, 0.25) is 0 Å². The molecule has 2 fully saturated rings. The topological polar surface area (TPSA) is 46.5 Å². The van der Waals surface area contributed by atoms with Crippen LogP contribution in [0.25, 0.3) is 0 Å². The van der Waals surface area contributed by atoms with Crippen molar-refractivity contribution in [3.05, 3.63) is 0 Å². The van der Waals surface area contributed by atoms with Crippen molar-refractivity contribution >= 4 is 5.97 Å². The van der Waals surface area contributed by atoms with Crippen molar-refractivity contribution in [2.24, 2.45) is 5.92 Å². The van der Waals surface area contributed by atoms with Crippen LogP contribution in [0.15, 0.2) is 0 Å².